The zero-order chi connectivity index (χ0) is 11.1. The van der Waals surface area contributed by atoms with Crippen molar-refractivity contribution in [2.24, 2.45) is 0 Å². The Hall–Kier alpha value is -0.980. The smallest absolute Gasteiger partial charge is 0.212 e. The zero-order valence-electron chi connectivity index (χ0n) is 8.60. The Labute approximate surface area is 90.0 Å². The molecule has 0 aliphatic heterocycles. The molecule has 0 saturated carbocycles. The van der Waals surface area contributed by atoms with Crippen LogP contribution in [0.3, 0.4) is 0 Å². The quantitative estimate of drug-likeness (QED) is 0.658. The number of aromatic nitrogens is 1. The van der Waals surface area contributed by atoms with Gasteiger partial charge >= 0.3 is 0 Å². The maximum Gasteiger partial charge on any atom is 0.212 e. The molecule has 0 aromatic carbocycles. The molecule has 1 aromatic rings. The maximum atomic E-state index is 11.0. The van der Waals surface area contributed by atoms with Crippen molar-refractivity contribution in [3.63, 3.8) is 0 Å². The third-order valence-corrected chi connectivity index (χ3v) is 3.27. The lowest BCUT2D eigenvalue weighted by Crippen LogP contribution is -2.29. The van der Waals surface area contributed by atoms with E-state index >= 15 is 0 Å². The van der Waals surface area contributed by atoms with E-state index in [2.05, 4.69) is 15.0 Å². The Morgan fingerprint density at radius 3 is 2.87 bits per heavy atom. The van der Waals surface area contributed by atoms with E-state index in [1.54, 1.807) is 12.4 Å². The first-order valence-corrected chi connectivity index (χ1v) is 6.30. The molecule has 1 rings (SSSR count). The number of hydrogen-bond donors (Lipinski definition) is 2. The third-order valence-electron chi connectivity index (χ3n) is 1.91. The minimum Gasteiger partial charge on any atom is -0.312 e. The van der Waals surface area contributed by atoms with Crippen LogP contribution in [0.1, 0.15) is 5.56 Å². The van der Waals surface area contributed by atoms with Gasteiger partial charge in [0.2, 0.25) is 10.0 Å². The van der Waals surface area contributed by atoms with Crippen molar-refractivity contribution in [1.82, 2.24) is 15.0 Å². The van der Waals surface area contributed by atoms with Crippen LogP contribution in [0, 0.1) is 0 Å². The molecule has 0 atom stereocenters. The minimum atomic E-state index is -3.10. The largest absolute Gasteiger partial charge is 0.312 e. The lowest BCUT2D eigenvalue weighted by Gasteiger charge is -2.04. The van der Waals surface area contributed by atoms with Crippen LogP contribution in [0.5, 0.6) is 0 Å². The summed E-state index contributed by atoms with van der Waals surface area (Å²) in [4.78, 5) is 3.96. The average molecular weight is 229 g/mol. The summed E-state index contributed by atoms with van der Waals surface area (Å²) in [6.45, 7) is 1.06. The van der Waals surface area contributed by atoms with Crippen molar-refractivity contribution in [3.8, 4) is 0 Å². The molecular weight excluding hydrogens is 214 g/mol. The molecule has 15 heavy (non-hydrogen) atoms. The number of nitrogens with zero attached hydrogens (tertiary/aromatic N) is 1. The number of pyridine rings is 1. The van der Waals surface area contributed by atoms with Crippen LogP contribution in [-0.2, 0) is 16.6 Å². The lowest BCUT2D eigenvalue weighted by atomic mass is 10.3. The van der Waals surface area contributed by atoms with Crippen LogP contribution in [0.2, 0.25) is 0 Å². The molecular formula is C9H15N3O2S. The van der Waals surface area contributed by atoms with E-state index in [1.165, 1.54) is 7.05 Å². The molecule has 6 heteroatoms. The molecule has 0 aliphatic carbocycles. The molecule has 84 valence electrons. The van der Waals surface area contributed by atoms with Crippen molar-refractivity contribution in [3.05, 3.63) is 30.1 Å². The van der Waals surface area contributed by atoms with Crippen molar-refractivity contribution in [2.75, 3.05) is 19.3 Å². The van der Waals surface area contributed by atoms with Crippen LogP contribution >= 0.6 is 0 Å². The fourth-order valence-electron chi connectivity index (χ4n) is 1.04. The van der Waals surface area contributed by atoms with Crippen molar-refractivity contribution < 1.29 is 8.42 Å². The van der Waals surface area contributed by atoms with E-state index in [-0.39, 0.29) is 5.75 Å². The normalized spacial score (nSPS) is 11.5. The number of rotatable bonds is 6. The lowest BCUT2D eigenvalue weighted by molar-refractivity contribution is 0.583. The monoisotopic (exact) mass is 229 g/mol. The van der Waals surface area contributed by atoms with Gasteiger partial charge in [-0.3, -0.25) is 4.98 Å². The second-order valence-electron chi connectivity index (χ2n) is 3.06. The van der Waals surface area contributed by atoms with Crippen molar-refractivity contribution >= 4 is 10.0 Å². The molecule has 0 aliphatic rings. The molecule has 2 N–H and O–H groups in total. The zero-order valence-corrected chi connectivity index (χ0v) is 9.42. The predicted molar refractivity (Wildman–Crippen MR) is 58.8 cm³/mol. The summed E-state index contributed by atoms with van der Waals surface area (Å²) in [7, 11) is -1.69. The summed E-state index contributed by atoms with van der Waals surface area (Å²) in [5, 5.41) is 3.03. The van der Waals surface area contributed by atoms with Crippen LogP contribution < -0.4 is 10.0 Å². The molecule has 1 aromatic heterocycles. The van der Waals surface area contributed by atoms with E-state index in [9.17, 15) is 8.42 Å². The van der Waals surface area contributed by atoms with Gasteiger partial charge in [-0.2, -0.15) is 0 Å². The highest BCUT2D eigenvalue weighted by atomic mass is 32.2. The van der Waals surface area contributed by atoms with Gasteiger partial charge < -0.3 is 5.32 Å². The second kappa shape index (κ2) is 5.79. The summed E-state index contributed by atoms with van der Waals surface area (Å²) in [5.41, 5.74) is 1.04. The Balaban J connectivity index is 2.24. The molecule has 5 nitrogen and oxygen atoms in total. The van der Waals surface area contributed by atoms with E-state index in [0.29, 0.717) is 13.1 Å². The van der Waals surface area contributed by atoms with Gasteiger partial charge in [0.25, 0.3) is 0 Å². The first kappa shape index (κ1) is 12.1. The summed E-state index contributed by atoms with van der Waals surface area (Å²) < 4.78 is 24.4. The summed E-state index contributed by atoms with van der Waals surface area (Å²) >= 11 is 0. The van der Waals surface area contributed by atoms with Gasteiger partial charge in [-0.1, -0.05) is 6.07 Å². The summed E-state index contributed by atoms with van der Waals surface area (Å²) in [5.74, 6) is 0.0871. The van der Waals surface area contributed by atoms with Crippen LogP contribution in [-0.4, -0.2) is 32.7 Å². The number of hydrogen-bond acceptors (Lipinski definition) is 4. The highest BCUT2D eigenvalue weighted by Crippen LogP contribution is 1.93. The van der Waals surface area contributed by atoms with E-state index < -0.39 is 10.0 Å². The Bertz CT molecular complexity index is 378. The first-order chi connectivity index (χ1) is 7.14. The van der Waals surface area contributed by atoms with E-state index in [0.717, 1.165) is 5.56 Å². The maximum absolute atomic E-state index is 11.0. The Morgan fingerprint density at radius 1 is 1.47 bits per heavy atom. The first-order valence-electron chi connectivity index (χ1n) is 4.65. The molecule has 0 bridgehead atoms. The SMILES string of the molecule is CNS(=O)(=O)CCNCc1cccnc1. The van der Waals surface area contributed by atoms with E-state index in [4.69, 9.17) is 0 Å². The van der Waals surface area contributed by atoms with Gasteiger partial charge in [0.1, 0.15) is 0 Å². The standard InChI is InChI=1S/C9H15N3O2S/c1-10-15(13,14)6-5-12-8-9-3-2-4-11-7-9/h2-4,7,10,12H,5-6,8H2,1H3. The minimum absolute atomic E-state index is 0.0871. The van der Waals surface area contributed by atoms with Gasteiger partial charge in [-0.05, 0) is 18.7 Å². The molecule has 0 radical (unpaired) electrons. The van der Waals surface area contributed by atoms with Crippen LogP contribution in [0.4, 0.5) is 0 Å². The fraction of sp³-hybridized carbons (Fsp3) is 0.444. The topological polar surface area (TPSA) is 71.1 Å². The molecule has 0 saturated heterocycles. The molecule has 0 fully saturated rings. The molecule has 0 amide bonds. The van der Waals surface area contributed by atoms with Gasteiger partial charge in [-0.25, -0.2) is 13.1 Å². The van der Waals surface area contributed by atoms with Crippen LogP contribution in [0.25, 0.3) is 0 Å². The molecule has 1 heterocycles. The van der Waals surface area contributed by atoms with Crippen LogP contribution in [0.15, 0.2) is 24.5 Å². The fourth-order valence-corrected chi connectivity index (χ4v) is 1.66. The van der Waals surface area contributed by atoms with Gasteiger partial charge in [0, 0.05) is 25.5 Å². The summed E-state index contributed by atoms with van der Waals surface area (Å²) in [6, 6.07) is 3.79. The highest BCUT2D eigenvalue weighted by Gasteiger charge is 2.04. The molecule has 0 unspecified atom stereocenters. The van der Waals surface area contributed by atoms with Gasteiger partial charge in [-0.15, -0.1) is 0 Å². The number of nitrogens with one attached hydrogen (secondary N) is 2. The Kier molecular flexibility index (Phi) is 4.67. The average Bonchev–Trinajstić information content (AvgIpc) is 2.26. The summed E-state index contributed by atoms with van der Waals surface area (Å²) in [6.07, 6.45) is 3.45. The number of sulfonamides is 1. The Morgan fingerprint density at radius 2 is 2.27 bits per heavy atom. The van der Waals surface area contributed by atoms with Crippen molar-refractivity contribution in [2.45, 2.75) is 6.54 Å². The third kappa shape index (κ3) is 4.87. The van der Waals surface area contributed by atoms with Gasteiger partial charge in [0.15, 0.2) is 0 Å². The second-order valence-corrected chi connectivity index (χ2v) is 5.11. The van der Waals surface area contributed by atoms with Gasteiger partial charge in [0.05, 0.1) is 5.75 Å². The molecule has 0 spiro atoms. The predicted octanol–water partition coefficient (Wildman–Crippen LogP) is -0.280. The van der Waals surface area contributed by atoms with Crippen molar-refractivity contribution in [1.29, 1.82) is 0 Å². The van der Waals surface area contributed by atoms with E-state index in [1.807, 2.05) is 12.1 Å². The highest BCUT2D eigenvalue weighted by molar-refractivity contribution is 7.89.